The van der Waals surface area contributed by atoms with Gasteiger partial charge in [-0.15, -0.1) is 0 Å². The largest absolute Gasteiger partial charge is 0.492 e. The topological polar surface area (TPSA) is 74.6 Å². The van der Waals surface area contributed by atoms with Crippen LogP contribution in [0.25, 0.3) is 6.08 Å². The smallest absolute Gasteiger partial charge is 0.445 e. The number of imidazole rings is 1. The Morgan fingerprint density at radius 2 is 1.86 bits per heavy atom. The van der Waals surface area contributed by atoms with E-state index in [4.69, 9.17) is 14.0 Å². The Balaban J connectivity index is 1.67. The van der Waals surface area contributed by atoms with Gasteiger partial charge in [-0.05, 0) is 44.8 Å². The highest BCUT2D eigenvalue weighted by Crippen LogP contribution is 2.38. The number of alkyl carbamates (subject to hydrolysis) is 1. The van der Waals surface area contributed by atoms with E-state index in [2.05, 4.69) is 10.3 Å². The normalized spacial score (nSPS) is 18.0. The van der Waals surface area contributed by atoms with Gasteiger partial charge in [0.1, 0.15) is 6.61 Å². The number of carbonyl (C=O) groups excluding carboxylic acids is 1. The first-order valence-electron chi connectivity index (χ1n) is 9.65. The van der Waals surface area contributed by atoms with Gasteiger partial charge in [-0.1, -0.05) is 30.3 Å². The van der Waals surface area contributed by atoms with Gasteiger partial charge in [0.2, 0.25) is 0 Å². The van der Waals surface area contributed by atoms with E-state index in [1.54, 1.807) is 6.33 Å². The summed E-state index contributed by atoms with van der Waals surface area (Å²) in [5.74, 6) is 0. The van der Waals surface area contributed by atoms with Gasteiger partial charge < -0.3 is 23.9 Å². The third-order valence-corrected chi connectivity index (χ3v) is 5.26. The Bertz CT molecular complexity index is 861. The number of nitrogens with zero attached hydrogens (tertiary/aromatic N) is 2. The van der Waals surface area contributed by atoms with Crippen LogP contribution in [0.1, 0.15) is 39.0 Å². The molecule has 29 heavy (non-hydrogen) atoms. The van der Waals surface area contributed by atoms with Crippen LogP contribution in [0.5, 0.6) is 0 Å². The second-order valence-electron chi connectivity index (χ2n) is 8.19. The number of benzene rings is 1. The second-order valence-corrected chi connectivity index (χ2v) is 8.19. The molecule has 0 spiro atoms. The molecule has 154 valence electrons. The molecule has 1 N–H and O–H groups in total. The molecule has 1 aromatic carbocycles. The van der Waals surface area contributed by atoms with E-state index in [0.717, 1.165) is 16.7 Å². The maximum Gasteiger partial charge on any atom is 0.492 e. The number of rotatable bonds is 6. The van der Waals surface area contributed by atoms with Crippen LogP contribution in [0.4, 0.5) is 4.79 Å². The van der Waals surface area contributed by atoms with Gasteiger partial charge in [0.15, 0.2) is 0 Å². The Labute approximate surface area is 172 Å². The summed E-state index contributed by atoms with van der Waals surface area (Å²) in [4.78, 5) is 16.5. The minimum atomic E-state index is -0.587. The summed E-state index contributed by atoms with van der Waals surface area (Å²) in [6.07, 6.45) is 4.98. The molecule has 1 amide bonds. The third kappa shape index (κ3) is 5.28. The molecule has 0 unspecified atom stereocenters. The van der Waals surface area contributed by atoms with E-state index in [-0.39, 0.29) is 13.2 Å². The molecule has 1 fully saturated rings. The Morgan fingerprint density at radius 1 is 1.21 bits per heavy atom. The van der Waals surface area contributed by atoms with Crippen LogP contribution in [-0.2, 0) is 27.7 Å². The first kappa shape index (κ1) is 21.1. The first-order chi connectivity index (χ1) is 13.7. The fraction of sp³-hybridized carbons (Fsp3) is 0.429. The molecule has 1 aliphatic heterocycles. The van der Waals surface area contributed by atoms with Crippen molar-refractivity contribution in [2.24, 2.45) is 7.05 Å². The van der Waals surface area contributed by atoms with Crippen LogP contribution >= 0.6 is 0 Å². The Kier molecular flexibility index (Phi) is 6.14. The summed E-state index contributed by atoms with van der Waals surface area (Å²) < 4.78 is 19.5. The van der Waals surface area contributed by atoms with Gasteiger partial charge in [0.25, 0.3) is 0 Å². The number of hydrogen-bond donors (Lipinski definition) is 1. The summed E-state index contributed by atoms with van der Waals surface area (Å²) in [6.45, 7) is 8.41. The highest BCUT2D eigenvalue weighted by atomic mass is 16.7. The zero-order valence-corrected chi connectivity index (χ0v) is 17.6. The maximum atomic E-state index is 12.2. The van der Waals surface area contributed by atoms with Crippen molar-refractivity contribution < 1.29 is 18.8 Å². The van der Waals surface area contributed by atoms with Crippen LogP contribution < -0.4 is 5.32 Å². The molecule has 8 heteroatoms. The zero-order chi connectivity index (χ0) is 21.1. The third-order valence-electron chi connectivity index (χ3n) is 5.26. The van der Waals surface area contributed by atoms with Crippen LogP contribution in [-0.4, -0.2) is 40.5 Å². The molecule has 0 saturated carbocycles. The maximum absolute atomic E-state index is 12.2. The van der Waals surface area contributed by atoms with Gasteiger partial charge in [-0.3, -0.25) is 0 Å². The van der Waals surface area contributed by atoms with Crippen LogP contribution in [0, 0.1) is 0 Å². The summed E-state index contributed by atoms with van der Waals surface area (Å²) >= 11 is 0. The number of ether oxygens (including phenoxy) is 1. The average molecular weight is 397 g/mol. The monoisotopic (exact) mass is 397 g/mol. The molecule has 2 aromatic rings. The molecule has 0 atom stereocenters. The summed E-state index contributed by atoms with van der Waals surface area (Å²) in [5.41, 5.74) is 1.50. The van der Waals surface area contributed by atoms with E-state index >= 15 is 0 Å². The predicted octanol–water partition coefficient (Wildman–Crippen LogP) is 3.36. The number of nitrogens with one attached hydrogen (secondary N) is 1. The molecule has 3 rings (SSSR count). The van der Waals surface area contributed by atoms with Crippen molar-refractivity contribution in [3.8, 4) is 0 Å². The minimum absolute atomic E-state index is 0.211. The van der Waals surface area contributed by atoms with Gasteiger partial charge in [-0.25, -0.2) is 9.78 Å². The minimum Gasteiger partial charge on any atom is -0.445 e. The van der Waals surface area contributed by atoms with Gasteiger partial charge in [-0.2, -0.15) is 0 Å². The van der Waals surface area contributed by atoms with E-state index < -0.39 is 24.4 Å². The lowest BCUT2D eigenvalue weighted by atomic mass is 9.77. The Morgan fingerprint density at radius 3 is 2.45 bits per heavy atom. The highest BCUT2D eigenvalue weighted by molar-refractivity contribution is 6.56. The lowest BCUT2D eigenvalue weighted by molar-refractivity contribution is 0.00578. The molecule has 0 radical (unpaired) electrons. The molecular formula is C21H28BN3O4. The van der Waals surface area contributed by atoms with Crippen LogP contribution in [0.3, 0.4) is 0 Å². The number of aromatic nitrogens is 2. The van der Waals surface area contributed by atoms with Crippen molar-refractivity contribution in [1.82, 2.24) is 14.9 Å². The number of hydrogen-bond acceptors (Lipinski definition) is 5. The summed E-state index contributed by atoms with van der Waals surface area (Å²) in [5, 5.41) is 2.79. The number of aryl methyl sites for hydroxylation is 1. The number of amides is 1. The van der Waals surface area contributed by atoms with Gasteiger partial charge >= 0.3 is 13.2 Å². The van der Waals surface area contributed by atoms with Crippen molar-refractivity contribution in [2.45, 2.75) is 45.5 Å². The number of carbonyl (C=O) groups is 1. The standard InChI is InChI=1S/C21H28BN3O4/c1-20(2)21(3,4)29-22(28-20)17(11-18-13-25(5)15-24-18)12-23-19(26)27-14-16-9-7-6-8-10-16/h6-11,13,15H,12,14H2,1-5H3,(H,23,26). The molecule has 0 aliphatic carbocycles. The van der Waals surface area contributed by atoms with Gasteiger partial charge in [0, 0.05) is 19.8 Å². The van der Waals surface area contributed by atoms with Crippen LogP contribution in [0.2, 0.25) is 0 Å². The van der Waals surface area contributed by atoms with Crippen molar-refractivity contribution in [1.29, 1.82) is 0 Å². The quantitative estimate of drug-likeness (QED) is 0.757. The first-order valence-corrected chi connectivity index (χ1v) is 9.65. The van der Waals surface area contributed by atoms with E-state index in [9.17, 15) is 4.79 Å². The van der Waals surface area contributed by atoms with Crippen molar-refractivity contribution in [3.05, 3.63) is 59.6 Å². The van der Waals surface area contributed by atoms with Crippen molar-refractivity contribution >= 4 is 19.3 Å². The van der Waals surface area contributed by atoms with E-state index in [1.165, 1.54) is 0 Å². The fourth-order valence-corrected chi connectivity index (χ4v) is 2.84. The molecule has 7 nitrogen and oxygen atoms in total. The lowest BCUT2D eigenvalue weighted by Gasteiger charge is -2.32. The molecule has 2 heterocycles. The fourth-order valence-electron chi connectivity index (χ4n) is 2.84. The SMILES string of the molecule is Cn1cnc(C=C(CNC(=O)OCc2ccccc2)B2OC(C)(C)C(C)(C)O2)c1. The molecular weight excluding hydrogens is 369 g/mol. The van der Waals surface area contributed by atoms with Crippen molar-refractivity contribution in [3.63, 3.8) is 0 Å². The molecule has 1 aromatic heterocycles. The summed E-state index contributed by atoms with van der Waals surface area (Å²) in [7, 11) is 1.31. The van der Waals surface area contributed by atoms with Crippen LogP contribution in [0.15, 0.2) is 48.3 Å². The van der Waals surface area contributed by atoms with Crippen molar-refractivity contribution in [2.75, 3.05) is 6.54 Å². The van der Waals surface area contributed by atoms with Gasteiger partial charge in [0.05, 0.1) is 23.2 Å². The predicted molar refractivity (Wildman–Crippen MR) is 112 cm³/mol. The second kappa shape index (κ2) is 8.43. The average Bonchev–Trinajstić information content (AvgIpc) is 3.17. The van der Waals surface area contributed by atoms with E-state index in [1.807, 2.05) is 81.9 Å². The highest BCUT2D eigenvalue weighted by Gasteiger charge is 2.52. The molecule has 1 aliphatic rings. The molecule has 1 saturated heterocycles. The zero-order valence-electron chi connectivity index (χ0n) is 17.6. The Hall–Kier alpha value is -2.58. The summed E-state index contributed by atoms with van der Waals surface area (Å²) in [6, 6.07) is 9.54. The lowest BCUT2D eigenvalue weighted by Crippen LogP contribution is -2.41. The molecule has 0 bridgehead atoms. The van der Waals surface area contributed by atoms with E-state index in [0.29, 0.717) is 0 Å².